The minimum absolute atomic E-state index is 0.280. The highest BCUT2D eigenvalue weighted by molar-refractivity contribution is 5.42. The summed E-state index contributed by atoms with van der Waals surface area (Å²) in [4.78, 5) is 3.98. The molecule has 2 rings (SSSR count). The summed E-state index contributed by atoms with van der Waals surface area (Å²) in [5.74, 6) is 0. The van der Waals surface area contributed by atoms with Crippen LogP contribution in [0, 0.1) is 6.92 Å². The third kappa shape index (κ3) is 0.673. The van der Waals surface area contributed by atoms with E-state index >= 15 is 0 Å². The van der Waals surface area contributed by atoms with Crippen LogP contribution in [0.1, 0.15) is 7.06 Å². The smallest absolute Gasteiger partial charge is 0.0863 e. The standard InChI is InChI=1S/C7H7N3/c1-6-5-10-7(4-8-6)2-3-9-10/h2-5H,1H3/i4D. The Kier molecular flexibility index (Phi) is 0.799. The molecule has 2 aromatic rings. The number of nitrogens with zero attached hydrogens (tertiary/aromatic N) is 3. The molecular formula is C7H7N3. The van der Waals surface area contributed by atoms with E-state index in [-0.39, 0.29) is 6.17 Å². The molecule has 0 N–H and O–H groups in total. The number of aryl methyl sites for hydroxylation is 1. The number of aromatic nitrogens is 3. The van der Waals surface area contributed by atoms with Crippen molar-refractivity contribution in [1.29, 1.82) is 0 Å². The summed E-state index contributed by atoms with van der Waals surface area (Å²) < 4.78 is 9.11. The lowest BCUT2D eigenvalue weighted by atomic mass is 10.5. The van der Waals surface area contributed by atoms with E-state index in [1.165, 1.54) is 0 Å². The predicted octanol–water partition coefficient (Wildman–Crippen LogP) is 1.04. The molecule has 3 nitrogen and oxygen atoms in total. The Morgan fingerprint density at radius 1 is 1.70 bits per heavy atom. The molecule has 0 bridgehead atoms. The van der Waals surface area contributed by atoms with Crippen molar-refractivity contribution in [2.24, 2.45) is 0 Å². The average molecular weight is 134 g/mol. The minimum atomic E-state index is 0.280. The van der Waals surface area contributed by atoms with Gasteiger partial charge in [0.05, 0.1) is 31.1 Å². The van der Waals surface area contributed by atoms with Crippen molar-refractivity contribution in [3.05, 3.63) is 30.3 Å². The van der Waals surface area contributed by atoms with Crippen molar-refractivity contribution < 1.29 is 1.37 Å². The molecule has 0 aliphatic heterocycles. The molecule has 0 radical (unpaired) electrons. The maximum atomic E-state index is 7.45. The summed E-state index contributed by atoms with van der Waals surface area (Å²) in [6.07, 6.45) is 3.74. The van der Waals surface area contributed by atoms with Gasteiger partial charge in [-0.15, -0.1) is 0 Å². The molecule has 0 aliphatic rings. The number of hydrogen-bond acceptors (Lipinski definition) is 2. The van der Waals surface area contributed by atoms with Crippen LogP contribution in [0.4, 0.5) is 0 Å². The molecule has 0 aromatic carbocycles. The fourth-order valence-electron chi connectivity index (χ4n) is 0.857. The zero-order valence-corrected chi connectivity index (χ0v) is 5.57. The topological polar surface area (TPSA) is 30.2 Å². The molecule has 0 unspecified atom stereocenters. The molecule has 10 heavy (non-hydrogen) atoms. The van der Waals surface area contributed by atoms with E-state index in [1.54, 1.807) is 23.0 Å². The van der Waals surface area contributed by atoms with Gasteiger partial charge in [0.25, 0.3) is 0 Å². The largest absolute Gasteiger partial charge is 0.258 e. The number of fused-ring (bicyclic) bond motifs is 1. The van der Waals surface area contributed by atoms with Gasteiger partial charge in [-0.05, 0) is 13.0 Å². The highest BCUT2D eigenvalue weighted by Crippen LogP contribution is 1.99. The van der Waals surface area contributed by atoms with Crippen LogP contribution in [0.25, 0.3) is 5.52 Å². The van der Waals surface area contributed by atoms with Gasteiger partial charge in [0.2, 0.25) is 0 Å². The van der Waals surface area contributed by atoms with Crippen LogP contribution < -0.4 is 0 Å². The Bertz CT molecular complexity index is 393. The van der Waals surface area contributed by atoms with Gasteiger partial charge in [-0.3, -0.25) is 4.98 Å². The summed E-state index contributed by atoms with van der Waals surface area (Å²) in [6.45, 7) is 1.85. The van der Waals surface area contributed by atoms with E-state index in [9.17, 15) is 0 Å². The van der Waals surface area contributed by atoms with E-state index in [1.807, 2.05) is 6.92 Å². The molecule has 0 amide bonds. The minimum Gasteiger partial charge on any atom is -0.258 e. The van der Waals surface area contributed by atoms with Crippen molar-refractivity contribution in [1.82, 2.24) is 14.6 Å². The summed E-state index contributed by atoms with van der Waals surface area (Å²) >= 11 is 0. The zero-order valence-electron chi connectivity index (χ0n) is 6.57. The van der Waals surface area contributed by atoms with E-state index < -0.39 is 0 Å². The normalized spacial score (nSPS) is 11.9. The Balaban J connectivity index is 2.91. The van der Waals surface area contributed by atoms with Gasteiger partial charge in [-0.1, -0.05) is 0 Å². The molecule has 0 fully saturated rings. The van der Waals surface area contributed by atoms with Crippen molar-refractivity contribution in [2.75, 3.05) is 0 Å². The monoisotopic (exact) mass is 134 g/mol. The zero-order chi connectivity index (χ0) is 7.84. The van der Waals surface area contributed by atoms with Crippen LogP contribution in [-0.2, 0) is 0 Å². The first-order chi connectivity index (χ1) is 5.27. The SMILES string of the molecule is [2H]c1nc(C)cn2nccc12. The number of rotatable bonds is 0. The molecule has 0 atom stereocenters. The van der Waals surface area contributed by atoms with Gasteiger partial charge in [0.1, 0.15) is 0 Å². The lowest BCUT2D eigenvalue weighted by Crippen LogP contribution is -1.89. The summed E-state index contributed by atoms with van der Waals surface area (Å²) in [5, 5.41) is 4.00. The van der Waals surface area contributed by atoms with Gasteiger partial charge in [-0.25, -0.2) is 4.52 Å². The van der Waals surface area contributed by atoms with Crippen LogP contribution in [0.3, 0.4) is 0 Å². The first-order valence-electron chi connectivity index (χ1n) is 3.55. The molecule has 50 valence electrons. The van der Waals surface area contributed by atoms with E-state index in [4.69, 9.17) is 1.37 Å². The quantitative estimate of drug-likeness (QED) is 0.538. The first kappa shape index (κ1) is 4.44. The second-order valence-corrected chi connectivity index (χ2v) is 2.16. The van der Waals surface area contributed by atoms with E-state index in [0.29, 0.717) is 0 Å². The molecule has 2 heterocycles. The van der Waals surface area contributed by atoms with Crippen LogP contribution >= 0.6 is 0 Å². The van der Waals surface area contributed by atoms with Crippen LogP contribution in [-0.4, -0.2) is 14.6 Å². The second-order valence-electron chi connectivity index (χ2n) is 2.16. The average Bonchev–Trinajstić information content (AvgIpc) is 2.34. The van der Waals surface area contributed by atoms with Gasteiger partial charge in [0.15, 0.2) is 0 Å². The maximum Gasteiger partial charge on any atom is 0.0863 e. The van der Waals surface area contributed by atoms with Gasteiger partial charge < -0.3 is 0 Å². The van der Waals surface area contributed by atoms with E-state index in [0.717, 1.165) is 11.2 Å². The van der Waals surface area contributed by atoms with Crippen molar-refractivity contribution >= 4 is 5.52 Å². The third-order valence-corrected chi connectivity index (χ3v) is 1.33. The Morgan fingerprint density at radius 3 is 3.50 bits per heavy atom. The predicted molar refractivity (Wildman–Crippen MR) is 37.7 cm³/mol. The fourth-order valence-corrected chi connectivity index (χ4v) is 0.857. The Labute approximate surface area is 59.7 Å². The molecule has 0 spiro atoms. The van der Waals surface area contributed by atoms with E-state index in [2.05, 4.69) is 10.1 Å². The summed E-state index contributed by atoms with van der Waals surface area (Å²) in [5.41, 5.74) is 1.56. The molecule has 3 heteroatoms. The van der Waals surface area contributed by atoms with Crippen LogP contribution in [0.5, 0.6) is 0 Å². The highest BCUT2D eigenvalue weighted by Gasteiger charge is 1.91. The first-order valence-corrected chi connectivity index (χ1v) is 3.05. The highest BCUT2D eigenvalue weighted by atomic mass is 15.2. The second kappa shape index (κ2) is 1.80. The molecule has 0 saturated heterocycles. The maximum absolute atomic E-state index is 7.45. The molecule has 0 aliphatic carbocycles. The summed E-state index contributed by atoms with van der Waals surface area (Å²) in [6, 6.07) is 1.77. The lowest BCUT2D eigenvalue weighted by Gasteiger charge is -1.92. The van der Waals surface area contributed by atoms with Crippen molar-refractivity contribution in [2.45, 2.75) is 6.92 Å². The molecule has 2 aromatic heterocycles. The Hall–Kier alpha value is -1.38. The van der Waals surface area contributed by atoms with Crippen molar-refractivity contribution in [3.63, 3.8) is 0 Å². The lowest BCUT2D eigenvalue weighted by molar-refractivity contribution is 0.928. The number of hydrogen-bond donors (Lipinski definition) is 0. The van der Waals surface area contributed by atoms with Crippen LogP contribution in [0.15, 0.2) is 24.6 Å². The van der Waals surface area contributed by atoms with Gasteiger partial charge in [-0.2, -0.15) is 5.10 Å². The van der Waals surface area contributed by atoms with Crippen molar-refractivity contribution in [3.8, 4) is 0 Å². The third-order valence-electron chi connectivity index (χ3n) is 1.33. The van der Waals surface area contributed by atoms with Gasteiger partial charge >= 0.3 is 0 Å². The van der Waals surface area contributed by atoms with Crippen LogP contribution in [0.2, 0.25) is 0 Å². The summed E-state index contributed by atoms with van der Waals surface area (Å²) in [7, 11) is 0. The Morgan fingerprint density at radius 2 is 2.60 bits per heavy atom. The van der Waals surface area contributed by atoms with Gasteiger partial charge in [0, 0.05) is 0 Å². The molecule has 0 saturated carbocycles. The fraction of sp³-hybridized carbons (Fsp3) is 0.143. The molecular weight excluding hydrogens is 126 g/mol.